The van der Waals surface area contributed by atoms with E-state index in [1.54, 1.807) is 0 Å². The van der Waals surface area contributed by atoms with Crippen molar-refractivity contribution in [1.29, 1.82) is 0 Å². The predicted molar refractivity (Wildman–Crippen MR) is 61.2 cm³/mol. The molecule has 1 saturated carbocycles. The Morgan fingerprint density at radius 1 is 1.29 bits per heavy atom. The highest BCUT2D eigenvalue weighted by atomic mass is 32.2. The molecule has 0 bridgehead atoms. The fourth-order valence-electron chi connectivity index (χ4n) is 1.95. The summed E-state index contributed by atoms with van der Waals surface area (Å²) in [5, 5.41) is 11.3. The number of carbonyl (C=O) groups excluding carboxylic acids is 1. The number of carboxylic acids is 1. The quantitative estimate of drug-likeness (QED) is 0.706. The monoisotopic (exact) mass is 263 g/mol. The van der Waals surface area contributed by atoms with Gasteiger partial charge in [-0.25, -0.2) is 8.42 Å². The topological polar surface area (TPSA) is 101 Å². The lowest BCUT2D eigenvalue weighted by Gasteiger charge is -2.10. The molecule has 0 aliphatic heterocycles. The van der Waals surface area contributed by atoms with Crippen LogP contribution in [0.5, 0.6) is 0 Å². The third-order valence-corrected chi connectivity index (χ3v) is 3.87. The van der Waals surface area contributed by atoms with Crippen LogP contribution in [0.4, 0.5) is 0 Å². The predicted octanol–water partition coefficient (Wildman–Crippen LogP) is -0.352. The van der Waals surface area contributed by atoms with Crippen molar-refractivity contribution in [3.8, 4) is 0 Å². The summed E-state index contributed by atoms with van der Waals surface area (Å²) in [6.45, 7) is 0.0892. The van der Waals surface area contributed by atoms with Crippen LogP contribution in [0.15, 0.2) is 0 Å². The largest absolute Gasteiger partial charge is 0.481 e. The minimum atomic E-state index is -3.08. The van der Waals surface area contributed by atoms with E-state index >= 15 is 0 Å². The van der Waals surface area contributed by atoms with Gasteiger partial charge in [-0.15, -0.1) is 0 Å². The second-order valence-corrected chi connectivity index (χ2v) is 6.73. The number of carbonyl (C=O) groups is 2. The van der Waals surface area contributed by atoms with Gasteiger partial charge in [-0.2, -0.15) is 0 Å². The van der Waals surface area contributed by atoms with Crippen LogP contribution in [-0.4, -0.2) is 44.0 Å². The van der Waals surface area contributed by atoms with E-state index in [1.165, 1.54) is 0 Å². The highest BCUT2D eigenvalue weighted by molar-refractivity contribution is 7.90. The SMILES string of the molecule is CS(=O)(=O)CCNC(=O)[C@@H]1CC[C@H](C(=O)O)C1. The van der Waals surface area contributed by atoms with Crippen molar-refractivity contribution in [1.82, 2.24) is 5.32 Å². The molecule has 17 heavy (non-hydrogen) atoms. The molecule has 2 N–H and O–H groups in total. The molecule has 1 amide bonds. The zero-order valence-electron chi connectivity index (χ0n) is 9.68. The Hall–Kier alpha value is -1.11. The maximum atomic E-state index is 11.6. The number of rotatable bonds is 5. The van der Waals surface area contributed by atoms with Gasteiger partial charge in [0.1, 0.15) is 9.84 Å². The second-order valence-electron chi connectivity index (χ2n) is 4.47. The van der Waals surface area contributed by atoms with Gasteiger partial charge in [-0.05, 0) is 19.3 Å². The van der Waals surface area contributed by atoms with Crippen LogP contribution in [0.3, 0.4) is 0 Å². The fourth-order valence-corrected chi connectivity index (χ4v) is 2.42. The van der Waals surface area contributed by atoms with Gasteiger partial charge in [-0.3, -0.25) is 9.59 Å². The van der Waals surface area contributed by atoms with E-state index in [1.807, 2.05) is 0 Å². The van der Waals surface area contributed by atoms with Gasteiger partial charge in [-0.1, -0.05) is 0 Å². The van der Waals surface area contributed by atoms with Crippen molar-refractivity contribution >= 4 is 21.7 Å². The van der Waals surface area contributed by atoms with Gasteiger partial charge < -0.3 is 10.4 Å². The fraction of sp³-hybridized carbons (Fsp3) is 0.800. The molecule has 98 valence electrons. The Labute approximate surface area is 100 Å². The zero-order chi connectivity index (χ0) is 13.1. The first-order valence-electron chi connectivity index (χ1n) is 5.48. The molecule has 7 heteroatoms. The highest BCUT2D eigenvalue weighted by Gasteiger charge is 2.33. The standard InChI is InChI=1S/C10H17NO5S/c1-17(15,16)5-4-11-9(12)7-2-3-8(6-7)10(13)14/h7-8H,2-6H2,1H3,(H,11,12)(H,13,14)/t7-,8+/m1/s1. The van der Waals surface area contributed by atoms with E-state index < -0.39 is 21.7 Å². The first-order valence-corrected chi connectivity index (χ1v) is 7.54. The Kier molecular flexibility index (Phi) is 4.50. The van der Waals surface area contributed by atoms with Crippen molar-refractivity contribution in [2.24, 2.45) is 11.8 Å². The lowest BCUT2D eigenvalue weighted by molar-refractivity contribution is -0.141. The number of amides is 1. The number of nitrogens with one attached hydrogen (secondary N) is 1. The minimum absolute atomic E-state index is 0.0892. The van der Waals surface area contributed by atoms with E-state index in [4.69, 9.17) is 5.11 Å². The number of hydrogen-bond acceptors (Lipinski definition) is 4. The smallest absolute Gasteiger partial charge is 0.306 e. The molecular weight excluding hydrogens is 246 g/mol. The van der Waals surface area contributed by atoms with Gasteiger partial charge in [0.2, 0.25) is 5.91 Å². The number of aliphatic carboxylic acids is 1. The Balaban J connectivity index is 2.33. The molecule has 1 rings (SSSR count). The van der Waals surface area contributed by atoms with Crippen molar-refractivity contribution in [3.05, 3.63) is 0 Å². The third kappa shape index (κ3) is 4.72. The van der Waals surface area contributed by atoms with Gasteiger partial charge >= 0.3 is 5.97 Å². The highest BCUT2D eigenvalue weighted by Crippen LogP contribution is 2.30. The summed E-state index contributed by atoms with van der Waals surface area (Å²) >= 11 is 0. The molecule has 0 aromatic carbocycles. The minimum Gasteiger partial charge on any atom is -0.481 e. The van der Waals surface area contributed by atoms with Crippen LogP contribution in [0.1, 0.15) is 19.3 Å². The Morgan fingerprint density at radius 3 is 2.35 bits per heavy atom. The van der Waals surface area contributed by atoms with Crippen molar-refractivity contribution < 1.29 is 23.1 Å². The van der Waals surface area contributed by atoms with Crippen molar-refractivity contribution in [2.75, 3.05) is 18.6 Å². The molecule has 1 aliphatic carbocycles. The molecule has 6 nitrogen and oxygen atoms in total. The van der Waals surface area contributed by atoms with E-state index in [-0.39, 0.29) is 24.1 Å². The summed E-state index contributed by atoms with van der Waals surface area (Å²) in [4.78, 5) is 22.3. The lowest BCUT2D eigenvalue weighted by Crippen LogP contribution is -2.33. The summed E-state index contributed by atoms with van der Waals surface area (Å²) in [6, 6.07) is 0. The molecule has 0 saturated heterocycles. The average molecular weight is 263 g/mol. The van der Waals surface area contributed by atoms with Crippen LogP contribution in [0.2, 0.25) is 0 Å². The van der Waals surface area contributed by atoms with Crippen LogP contribution in [0, 0.1) is 11.8 Å². The van der Waals surface area contributed by atoms with Crippen LogP contribution in [-0.2, 0) is 19.4 Å². The second kappa shape index (κ2) is 5.48. The van der Waals surface area contributed by atoms with Crippen LogP contribution in [0.25, 0.3) is 0 Å². The molecule has 1 fully saturated rings. The first kappa shape index (κ1) is 14.0. The van der Waals surface area contributed by atoms with E-state index in [0.717, 1.165) is 6.26 Å². The maximum absolute atomic E-state index is 11.6. The van der Waals surface area contributed by atoms with E-state index in [9.17, 15) is 18.0 Å². The van der Waals surface area contributed by atoms with Gasteiger partial charge in [0.25, 0.3) is 0 Å². The molecule has 0 spiro atoms. The van der Waals surface area contributed by atoms with E-state index in [0.29, 0.717) is 19.3 Å². The van der Waals surface area contributed by atoms with Crippen LogP contribution >= 0.6 is 0 Å². The number of hydrogen-bond donors (Lipinski definition) is 2. The van der Waals surface area contributed by atoms with Gasteiger partial charge in [0.15, 0.2) is 0 Å². The Bertz CT molecular complexity index is 403. The molecule has 1 aliphatic rings. The van der Waals surface area contributed by atoms with Gasteiger partial charge in [0.05, 0.1) is 11.7 Å². The molecule has 0 aromatic rings. The number of carboxylic acid groups (broad SMARTS) is 1. The zero-order valence-corrected chi connectivity index (χ0v) is 10.5. The van der Waals surface area contributed by atoms with Crippen molar-refractivity contribution in [2.45, 2.75) is 19.3 Å². The molecule has 2 atom stereocenters. The summed E-state index contributed by atoms with van der Waals surface area (Å²) in [5.74, 6) is -1.93. The first-order chi connectivity index (χ1) is 7.79. The average Bonchev–Trinajstić information content (AvgIpc) is 2.63. The van der Waals surface area contributed by atoms with Gasteiger partial charge in [0, 0.05) is 18.7 Å². The summed E-state index contributed by atoms with van der Waals surface area (Å²) < 4.78 is 21.7. The summed E-state index contributed by atoms with van der Waals surface area (Å²) in [7, 11) is -3.08. The number of sulfone groups is 1. The van der Waals surface area contributed by atoms with Crippen LogP contribution < -0.4 is 5.32 Å². The summed E-state index contributed by atoms with van der Waals surface area (Å²) in [6.07, 6.45) is 2.52. The molecule has 0 heterocycles. The summed E-state index contributed by atoms with van der Waals surface area (Å²) in [5.41, 5.74) is 0. The molecule has 0 unspecified atom stereocenters. The molecule has 0 aromatic heterocycles. The normalized spacial score (nSPS) is 24.5. The Morgan fingerprint density at radius 2 is 1.88 bits per heavy atom. The third-order valence-electron chi connectivity index (χ3n) is 2.92. The van der Waals surface area contributed by atoms with Crippen molar-refractivity contribution in [3.63, 3.8) is 0 Å². The molecule has 0 radical (unpaired) electrons. The maximum Gasteiger partial charge on any atom is 0.306 e. The molecular formula is C10H17NO5S. The van der Waals surface area contributed by atoms with E-state index in [2.05, 4.69) is 5.32 Å². The lowest BCUT2D eigenvalue weighted by atomic mass is 10.0.